The molecular formula is C15H18ClN3O. The maximum atomic E-state index is 11.7. The molecule has 2 N–H and O–H groups in total. The minimum absolute atomic E-state index is 0.484. The van der Waals surface area contributed by atoms with Crippen molar-refractivity contribution in [3.05, 3.63) is 29.3 Å². The number of terminal acetylenes is 1. The van der Waals surface area contributed by atoms with E-state index >= 15 is 0 Å². The number of anilines is 1. The molecule has 1 aliphatic heterocycles. The van der Waals surface area contributed by atoms with Gasteiger partial charge < -0.3 is 5.73 Å². The Balaban J connectivity index is 2.09. The van der Waals surface area contributed by atoms with Gasteiger partial charge in [-0.15, -0.1) is 12.3 Å². The van der Waals surface area contributed by atoms with Crippen LogP contribution in [0, 0.1) is 18.3 Å². The summed E-state index contributed by atoms with van der Waals surface area (Å²) in [7, 11) is 0. The summed E-state index contributed by atoms with van der Waals surface area (Å²) in [5.41, 5.74) is 6.24. The third kappa shape index (κ3) is 3.44. The molecule has 2 amide bonds. The van der Waals surface area contributed by atoms with E-state index in [4.69, 9.17) is 23.8 Å². The first kappa shape index (κ1) is 14.7. The van der Waals surface area contributed by atoms with E-state index in [1.807, 2.05) is 5.01 Å². The molecule has 0 bridgehead atoms. The summed E-state index contributed by atoms with van der Waals surface area (Å²) in [6, 6.07) is 6.60. The van der Waals surface area contributed by atoms with Gasteiger partial charge in [-0.3, -0.25) is 0 Å². The lowest BCUT2D eigenvalue weighted by Crippen LogP contribution is -2.52. The highest BCUT2D eigenvalue weighted by atomic mass is 35.5. The highest BCUT2D eigenvalue weighted by Crippen LogP contribution is 2.25. The minimum atomic E-state index is -0.484. The minimum Gasteiger partial charge on any atom is -0.350 e. The molecule has 1 aromatic carbocycles. The number of carbonyl (C=O) groups excluding carboxylic acids is 1. The molecule has 1 heterocycles. The predicted octanol–water partition coefficient (Wildman–Crippen LogP) is 2.88. The fraction of sp³-hybridized carbons (Fsp3) is 0.400. The molecule has 2 rings (SSSR count). The number of piperidine rings is 1. The Kier molecular flexibility index (Phi) is 4.89. The number of amides is 2. The fourth-order valence-corrected chi connectivity index (χ4v) is 2.63. The number of nitrogens with zero attached hydrogens (tertiary/aromatic N) is 2. The predicted molar refractivity (Wildman–Crippen MR) is 81.3 cm³/mol. The molecule has 0 aromatic heterocycles. The third-order valence-corrected chi connectivity index (χ3v) is 3.81. The molecule has 1 fully saturated rings. The Bertz CT molecular complexity index is 501. The fourth-order valence-electron chi connectivity index (χ4n) is 2.50. The van der Waals surface area contributed by atoms with Crippen molar-refractivity contribution in [1.82, 2.24) is 5.01 Å². The first-order valence-corrected chi connectivity index (χ1v) is 7.03. The van der Waals surface area contributed by atoms with Gasteiger partial charge >= 0.3 is 6.03 Å². The van der Waals surface area contributed by atoms with Crippen molar-refractivity contribution in [2.45, 2.75) is 19.3 Å². The number of hydrogen-bond acceptors (Lipinski definition) is 2. The Labute approximate surface area is 124 Å². The largest absolute Gasteiger partial charge is 0.350 e. The highest BCUT2D eigenvalue weighted by Gasteiger charge is 2.26. The van der Waals surface area contributed by atoms with E-state index in [0.29, 0.717) is 10.9 Å². The molecule has 106 valence electrons. The van der Waals surface area contributed by atoms with Gasteiger partial charge in [-0.25, -0.2) is 14.8 Å². The van der Waals surface area contributed by atoms with Gasteiger partial charge in [0.15, 0.2) is 0 Å². The topological polar surface area (TPSA) is 49.6 Å². The van der Waals surface area contributed by atoms with E-state index in [1.54, 1.807) is 24.3 Å². The van der Waals surface area contributed by atoms with E-state index < -0.39 is 6.03 Å². The van der Waals surface area contributed by atoms with Crippen molar-refractivity contribution in [3.63, 3.8) is 0 Å². The van der Waals surface area contributed by atoms with Crippen LogP contribution in [0.4, 0.5) is 10.5 Å². The molecule has 0 radical (unpaired) electrons. The van der Waals surface area contributed by atoms with Crippen LogP contribution in [0.1, 0.15) is 19.3 Å². The monoisotopic (exact) mass is 291 g/mol. The standard InChI is InChI=1S/C15H18ClN3O/c1-2-3-12-8-10-18(11-9-12)19(15(17)20)14-6-4-13(16)5-7-14/h1,4-7,12H,3,8-11H2,(H2,17,20). The Morgan fingerprint density at radius 1 is 1.40 bits per heavy atom. The third-order valence-electron chi connectivity index (χ3n) is 3.56. The van der Waals surface area contributed by atoms with E-state index in [-0.39, 0.29) is 0 Å². The Hall–Kier alpha value is -1.70. The Morgan fingerprint density at radius 2 is 2.00 bits per heavy atom. The van der Waals surface area contributed by atoms with Gasteiger partial charge in [0.1, 0.15) is 0 Å². The number of halogens is 1. The maximum Gasteiger partial charge on any atom is 0.334 e. The van der Waals surface area contributed by atoms with Crippen LogP contribution in [0.3, 0.4) is 0 Å². The molecule has 0 atom stereocenters. The number of hydrazine groups is 1. The summed E-state index contributed by atoms with van der Waals surface area (Å²) in [6.07, 6.45) is 8.09. The number of hydrogen-bond donors (Lipinski definition) is 1. The van der Waals surface area contributed by atoms with Gasteiger partial charge in [0.25, 0.3) is 0 Å². The molecule has 20 heavy (non-hydrogen) atoms. The first-order valence-electron chi connectivity index (χ1n) is 6.65. The molecule has 1 aliphatic rings. The lowest BCUT2D eigenvalue weighted by Gasteiger charge is -2.38. The average molecular weight is 292 g/mol. The van der Waals surface area contributed by atoms with E-state index in [2.05, 4.69) is 5.92 Å². The molecule has 5 heteroatoms. The lowest BCUT2D eigenvalue weighted by atomic mass is 9.95. The second-order valence-corrected chi connectivity index (χ2v) is 5.37. The van der Waals surface area contributed by atoms with Crippen molar-refractivity contribution in [1.29, 1.82) is 0 Å². The van der Waals surface area contributed by atoms with Crippen molar-refractivity contribution >= 4 is 23.3 Å². The van der Waals surface area contributed by atoms with E-state index in [0.717, 1.165) is 38.0 Å². The van der Waals surface area contributed by atoms with Crippen LogP contribution in [-0.4, -0.2) is 24.1 Å². The molecular weight excluding hydrogens is 274 g/mol. The van der Waals surface area contributed by atoms with Crippen LogP contribution in [0.15, 0.2) is 24.3 Å². The number of nitrogens with two attached hydrogens (primary N) is 1. The second kappa shape index (κ2) is 6.65. The molecule has 1 saturated heterocycles. The van der Waals surface area contributed by atoms with Gasteiger partial charge in [0.2, 0.25) is 0 Å². The Morgan fingerprint density at radius 3 is 2.50 bits per heavy atom. The van der Waals surface area contributed by atoms with Crippen molar-refractivity contribution in [3.8, 4) is 12.3 Å². The van der Waals surface area contributed by atoms with Crippen LogP contribution in [0.5, 0.6) is 0 Å². The summed E-state index contributed by atoms with van der Waals surface area (Å²) in [5, 5.41) is 4.12. The van der Waals surface area contributed by atoms with E-state index in [1.165, 1.54) is 5.01 Å². The van der Waals surface area contributed by atoms with Gasteiger partial charge in [-0.1, -0.05) is 11.6 Å². The number of carbonyl (C=O) groups is 1. The maximum absolute atomic E-state index is 11.7. The van der Waals surface area contributed by atoms with Crippen LogP contribution in [0.25, 0.3) is 0 Å². The van der Waals surface area contributed by atoms with Gasteiger partial charge in [-0.05, 0) is 43.0 Å². The van der Waals surface area contributed by atoms with Crippen LogP contribution in [-0.2, 0) is 0 Å². The van der Waals surface area contributed by atoms with E-state index in [9.17, 15) is 4.79 Å². The lowest BCUT2D eigenvalue weighted by molar-refractivity contribution is 0.170. The summed E-state index contributed by atoms with van der Waals surface area (Å²) < 4.78 is 0. The molecule has 0 spiro atoms. The van der Waals surface area contributed by atoms with Gasteiger partial charge in [0.05, 0.1) is 5.69 Å². The van der Waals surface area contributed by atoms with Gasteiger partial charge in [0, 0.05) is 24.5 Å². The van der Waals surface area contributed by atoms with Crippen LogP contribution in [0.2, 0.25) is 5.02 Å². The van der Waals surface area contributed by atoms with Gasteiger partial charge in [-0.2, -0.15) is 0 Å². The zero-order valence-corrected chi connectivity index (χ0v) is 12.0. The zero-order valence-electron chi connectivity index (χ0n) is 11.3. The zero-order chi connectivity index (χ0) is 14.5. The number of primary amides is 1. The summed E-state index contributed by atoms with van der Waals surface area (Å²) >= 11 is 5.87. The molecule has 4 nitrogen and oxygen atoms in total. The normalized spacial score (nSPS) is 16.6. The highest BCUT2D eigenvalue weighted by molar-refractivity contribution is 6.30. The smallest absolute Gasteiger partial charge is 0.334 e. The summed E-state index contributed by atoms with van der Waals surface area (Å²) in [4.78, 5) is 11.7. The quantitative estimate of drug-likeness (QED) is 0.871. The molecule has 0 aliphatic carbocycles. The number of rotatable bonds is 3. The number of benzene rings is 1. The van der Waals surface area contributed by atoms with Crippen molar-refractivity contribution in [2.24, 2.45) is 11.7 Å². The molecule has 1 aromatic rings. The van der Waals surface area contributed by atoms with Crippen molar-refractivity contribution < 1.29 is 4.79 Å². The van der Waals surface area contributed by atoms with Crippen LogP contribution >= 0.6 is 11.6 Å². The molecule has 0 saturated carbocycles. The summed E-state index contributed by atoms with van der Waals surface area (Å²) in [5.74, 6) is 3.24. The van der Waals surface area contributed by atoms with Crippen molar-refractivity contribution in [2.75, 3.05) is 18.1 Å². The van der Waals surface area contributed by atoms with Crippen LogP contribution < -0.4 is 10.7 Å². The SMILES string of the molecule is C#CCC1CCN(N(C(N)=O)c2ccc(Cl)cc2)CC1. The first-order chi connectivity index (χ1) is 9.61. The number of urea groups is 1. The average Bonchev–Trinajstić information content (AvgIpc) is 2.43. The second-order valence-electron chi connectivity index (χ2n) is 4.93. The summed E-state index contributed by atoms with van der Waals surface area (Å²) in [6.45, 7) is 1.55. The molecule has 0 unspecified atom stereocenters.